The smallest absolute Gasteiger partial charge is 0.238 e. The monoisotopic (exact) mass is 315 g/mol. The third-order valence-electron chi connectivity index (χ3n) is 3.46. The molecule has 1 atom stereocenters. The third kappa shape index (κ3) is 3.85. The predicted octanol–water partition coefficient (Wildman–Crippen LogP) is 2.66. The van der Waals surface area contributed by atoms with Crippen molar-refractivity contribution in [1.29, 1.82) is 0 Å². The summed E-state index contributed by atoms with van der Waals surface area (Å²) >= 11 is 12.3. The number of hydrogen-bond acceptors (Lipinski definition) is 3. The van der Waals surface area contributed by atoms with Gasteiger partial charge in [0.15, 0.2) is 0 Å². The van der Waals surface area contributed by atoms with E-state index in [4.69, 9.17) is 28.9 Å². The summed E-state index contributed by atoms with van der Waals surface area (Å²) in [6.07, 6.45) is 2.05. The molecule has 0 aliphatic carbocycles. The van der Waals surface area contributed by atoms with Crippen molar-refractivity contribution in [3.05, 3.63) is 27.7 Å². The van der Waals surface area contributed by atoms with Gasteiger partial charge in [-0.1, -0.05) is 29.3 Å². The fraction of sp³-hybridized carbons (Fsp3) is 0.500. The normalized spacial score (nSPS) is 19.9. The minimum atomic E-state index is -0.117. The van der Waals surface area contributed by atoms with E-state index in [1.54, 1.807) is 6.07 Å². The van der Waals surface area contributed by atoms with E-state index in [0.717, 1.165) is 31.5 Å². The molecule has 1 aromatic carbocycles. The predicted molar refractivity (Wildman–Crippen MR) is 83.5 cm³/mol. The largest absolute Gasteiger partial charge is 0.327 e. The molecule has 0 unspecified atom stereocenters. The molecule has 0 radical (unpaired) electrons. The number of nitrogens with one attached hydrogen (secondary N) is 1. The number of rotatable bonds is 3. The lowest BCUT2D eigenvalue weighted by molar-refractivity contribution is -0.117. The number of halogens is 2. The average molecular weight is 316 g/mol. The number of amides is 1. The first kappa shape index (κ1) is 15.6. The molecule has 6 heteroatoms. The number of nitrogens with two attached hydrogens (primary N) is 1. The van der Waals surface area contributed by atoms with Crippen molar-refractivity contribution in [2.75, 3.05) is 25.0 Å². The van der Waals surface area contributed by atoms with Gasteiger partial charge >= 0.3 is 0 Å². The second-order valence-electron chi connectivity index (χ2n) is 5.24. The highest BCUT2D eigenvalue weighted by atomic mass is 35.5. The zero-order valence-electron chi connectivity index (χ0n) is 11.5. The Kier molecular flexibility index (Phi) is 5.27. The SMILES string of the molecule is Cc1ccc(Cl)c(NC(=O)CN2CCC[C@@H](N)C2)c1Cl. The van der Waals surface area contributed by atoms with Crippen molar-refractivity contribution in [1.82, 2.24) is 4.90 Å². The summed E-state index contributed by atoms with van der Waals surface area (Å²) in [5.74, 6) is -0.117. The van der Waals surface area contributed by atoms with Crippen LogP contribution in [0, 0.1) is 6.92 Å². The van der Waals surface area contributed by atoms with Crippen LogP contribution >= 0.6 is 23.2 Å². The number of nitrogens with zero attached hydrogens (tertiary/aromatic N) is 1. The Hall–Kier alpha value is -0.810. The minimum absolute atomic E-state index is 0.117. The molecule has 1 amide bonds. The fourth-order valence-electron chi connectivity index (χ4n) is 2.39. The van der Waals surface area contributed by atoms with Crippen molar-refractivity contribution in [3.63, 3.8) is 0 Å². The highest BCUT2D eigenvalue weighted by Crippen LogP contribution is 2.32. The van der Waals surface area contributed by atoms with Gasteiger partial charge in [0.05, 0.1) is 22.3 Å². The number of carbonyl (C=O) groups is 1. The Balaban J connectivity index is 2.00. The van der Waals surface area contributed by atoms with E-state index < -0.39 is 0 Å². The standard InChI is InChI=1S/C14H19Cl2N3O/c1-9-4-5-11(15)14(13(9)16)18-12(20)8-19-6-2-3-10(17)7-19/h4-5,10H,2-3,6-8,17H2,1H3,(H,18,20)/t10-/m1/s1. The maximum atomic E-state index is 12.1. The minimum Gasteiger partial charge on any atom is -0.327 e. The Bertz CT molecular complexity index is 507. The summed E-state index contributed by atoms with van der Waals surface area (Å²) in [6.45, 7) is 3.84. The Morgan fingerprint density at radius 1 is 1.50 bits per heavy atom. The van der Waals surface area contributed by atoms with Gasteiger partial charge in [-0.3, -0.25) is 9.69 Å². The first-order valence-corrected chi connectivity index (χ1v) is 7.45. The first-order valence-electron chi connectivity index (χ1n) is 6.69. The molecule has 0 spiro atoms. The lowest BCUT2D eigenvalue weighted by atomic mass is 10.1. The van der Waals surface area contributed by atoms with E-state index in [-0.39, 0.29) is 11.9 Å². The molecule has 1 saturated heterocycles. The molecular formula is C14H19Cl2N3O. The molecule has 1 fully saturated rings. The molecule has 3 N–H and O–H groups in total. The number of carbonyl (C=O) groups excluding carboxylic acids is 1. The van der Waals surface area contributed by atoms with Crippen LogP contribution in [0.1, 0.15) is 18.4 Å². The second-order valence-corrected chi connectivity index (χ2v) is 6.02. The van der Waals surface area contributed by atoms with E-state index in [2.05, 4.69) is 10.2 Å². The van der Waals surface area contributed by atoms with Crippen molar-refractivity contribution >= 4 is 34.8 Å². The molecule has 0 bridgehead atoms. The van der Waals surface area contributed by atoms with Crippen molar-refractivity contribution in [2.45, 2.75) is 25.8 Å². The van der Waals surface area contributed by atoms with Crippen LogP contribution in [0.2, 0.25) is 10.0 Å². The van der Waals surface area contributed by atoms with Gasteiger partial charge in [0.25, 0.3) is 0 Å². The van der Waals surface area contributed by atoms with Gasteiger partial charge in [-0.15, -0.1) is 0 Å². The van der Waals surface area contributed by atoms with E-state index in [1.165, 1.54) is 0 Å². The van der Waals surface area contributed by atoms with Gasteiger partial charge in [-0.05, 0) is 37.9 Å². The van der Waals surface area contributed by atoms with Crippen molar-refractivity contribution < 1.29 is 4.79 Å². The molecule has 0 aromatic heterocycles. The van der Waals surface area contributed by atoms with Gasteiger partial charge in [-0.25, -0.2) is 0 Å². The molecule has 1 aromatic rings. The third-order valence-corrected chi connectivity index (χ3v) is 4.26. The number of anilines is 1. The molecule has 20 heavy (non-hydrogen) atoms. The van der Waals surface area contributed by atoms with Gasteiger partial charge in [-0.2, -0.15) is 0 Å². The number of aryl methyl sites for hydroxylation is 1. The van der Waals surface area contributed by atoms with Crippen LogP contribution in [0.4, 0.5) is 5.69 Å². The first-order chi connectivity index (χ1) is 9.47. The van der Waals surface area contributed by atoms with E-state index in [9.17, 15) is 4.79 Å². The van der Waals surface area contributed by atoms with Crippen molar-refractivity contribution in [2.24, 2.45) is 5.73 Å². The van der Waals surface area contributed by atoms with Gasteiger partial charge in [0, 0.05) is 12.6 Å². The summed E-state index contributed by atoms with van der Waals surface area (Å²) < 4.78 is 0. The fourth-order valence-corrected chi connectivity index (χ4v) is 2.85. The zero-order chi connectivity index (χ0) is 14.7. The lowest BCUT2D eigenvalue weighted by Gasteiger charge is -2.30. The van der Waals surface area contributed by atoms with E-state index in [1.807, 2.05) is 13.0 Å². The maximum absolute atomic E-state index is 12.1. The topological polar surface area (TPSA) is 58.4 Å². The Morgan fingerprint density at radius 2 is 2.25 bits per heavy atom. The van der Waals surface area contributed by atoms with Crippen molar-refractivity contribution in [3.8, 4) is 0 Å². The highest BCUT2D eigenvalue weighted by Gasteiger charge is 2.20. The summed E-state index contributed by atoms with van der Waals surface area (Å²) in [7, 11) is 0. The molecule has 1 heterocycles. The number of hydrogen-bond donors (Lipinski definition) is 2. The number of piperidine rings is 1. The Labute approximate surface area is 129 Å². The quantitative estimate of drug-likeness (QED) is 0.901. The zero-order valence-corrected chi connectivity index (χ0v) is 13.0. The summed E-state index contributed by atoms with van der Waals surface area (Å²) in [5, 5.41) is 3.73. The second kappa shape index (κ2) is 6.76. The maximum Gasteiger partial charge on any atom is 0.238 e. The number of likely N-dealkylation sites (tertiary alicyclic amines) is 1. The molecule has 2 rings (SSSR count). The van der Waals surface area contributed by atoms with Crippen LogP contribution in [0.25, 0.3) is 0 Å². The highest BCUT2D eigenvalue weighted by molar-refractivity contribution is 6.40. The van der Waals surface area contributed by atoms with Gasteiger partial charge < -0.3 is 11.1 Å². The van der Waals surface area contributed by atoms with Crippen LogP contribution in [-0.2, 0) is 4.79 Å². The molecule has 1 aliphatic rings. The molecule has 110 valence electrons. The summed E-state index contributed by atoms with van der Waals surface area (Å²) in [5.41, 5.74) is 7.27. The lowest BCUT2D eigenvalue weighted by Crippen LogP contribution is -2.45. The summed E-state index contributed by atoms with van der Waals surface area (Å²) in [4.78, 5) is 14.1. The van der Waals surface area contributed by atoms with Gasteiger partial charge in [0.1, 0.15) is 0 Å². The van der Waals surface area contributed by atoms with Crippen LogP contribution in [0.3, 0.4) is 0 Å². The van der Waals surface area contributed by atoms with Crippen LogP contribution in [0.15, 0.2) is 12.1 Å². The molecule has 1 aliphatic heterocycles. The Morgan fingerprint density at radius 3 is 2.95 bits per heavy atom. The molecular weight excluding hydrogens is 297 g/mol. The average Bonchev–Trinajstić information content (AvgIpc) is 2.39. The summed E-state index contributed by atoms with van der Waals surface area (Å²) in [6, 6.07) is 3.71. The molecule has 0 saturated carbocycles. The number of benzene rings is 1. The van der Waals surface area contributed by atoms with Gasteiger partial charge in [0.2, 0.25) is 5.91 Å². The molecule has 4 nitrogen and oxygen atoms in total. The van der Waals surface area contributed by atoms with Crippen LogP contribution in [-0.4, -0.2) is 36.5 Å². The van der Waals surface area contributed by atoms with Crippen LogP contribution in [0.5, 0.6) is 0 Å². The van der Waals surface area contributed by atoms with Crippen LogP contribution < -0.4 is 11.1 Å². The van der Waals surface area contributed by atoms with E-state index >= 15 is 0 Å². The van der Waals surface area contributed by atoms with E-state index in [0.29, 0.717) is 22.3 Å².